The van der Waals surface area contributed by atoms with Gasteiger partial charge in [0.2, 0.25) is 6.41 Å². The second-order valence-electron chi connectivity index (χ2n) is 6.95. The van der Waals surface area contributed by atoms with Gasteiger partial charge in [-0.15, -0.1) is 18.3 Å². The lowest BCUT2D eigenvalue weighted by molar-refractivity contribution is -0.107. The number of hydrogen-bond donors (Lipinski definition) is 1. The highest BCUT2D eigenvalue weighted by Crippen LogP contribution is 2.38. The first kappa shape index (κ1) is 24.4. The van der Waals surface area contributed by atoms with Crippen molar-refractivity contribution in [3.8, 4) is 0 Å². The van der Waals surface area contributed by atoms with E-state index in [1.54, 1.807) is 30.0 Å². The van der Waals surface area contributed by atoms with E-state index in [9.17, 15) is 4.79 Å². The molecule has 2 unspecified atom stereocenters. The Kier molecular flexibility index (Phi) is 10.5. The number of nitrogens with zero attached hydrogens (tertiary/aromatic N) is 5. The molecule has 1 N–H and O–H groups in total. The van der Waals surface area contributed by atoms with Crippen LogP contribution in [0.4, 0.5) is 11.8 Å². The van der Waals surface area contributed by atoms with Gasteiger partial charge in [-0.25, -0.2) is 4.99 Å². The van der Waals surface area contributed by atoms with Gasteiger partial charge < -0.3 is 10.0 Å². The molecule has 2 rings (SSSR count). The number of aliphatic hydroxyl groups excluding tert-OH is 1. The number of hydrogen-bond acceptors (Lipinski definition) is 6. The number of aliphatic hydroxyl groups is 1. The minimum absolute atomic E-state index is 0.0908. The molecule has 156 valence electrons. The third-order valence-electron chi connectivity index (χ3n) is 3.93. The molecule has 1 aliphatic carbocycles. The molecule has 0 radical (unpaired) electrons. The SMILES string of the molecule is C=CC1CCC(N(C=O)c2nc(/N=C/N(C)C)nc(Cl)c2SC)C1.CC(C)O. The van der Waals surface area contributed by atoms with Gasteiger partial charge in [-0.2, -0.15) is 9.97 Å². The Balaban J connectivity index is 0.000000892. The molecule has 1 aromatic heterocycles. The summed E-state index contributed by atoms with van der Waals surface area (Å²) in [6.07, 6.45) is 8.93. The minimum atomic E-state index is -0.167. The molecule has 0 spiro atoms. The number of halogens is 1. The lowest BCUT2D eigenvalue weighted by atomic mass is 10.1. The van der Waals surface area contributed by atoms with Crippen LogP contribution in [-0.2, 0) is 4.79 Å². The molecule has 2 atom stereocenters. The highest BCUT2D eigenvalue weighted by atomic mass is 35.5. The number of amides is 1. The average Bonchev–Trinajstić information content (AvgIpc) is 3.09. The van der Waals surface area contributed by atoms with Crippen LogP contribution in [0.3, 0.4) is 0 Å². The lowest BCUT2D eigenvalue weighted by Gasteiger charge is -2.25. The van der Waals surface area contributed by atoms with Crippen molar-refractivity contribution in [2.45, 2.75) is 50.2 Å². The molecule has 0 aliphatic heterocycles. The second kappa shape index (κ2) is 12.0. The number of aromatic nitrogens is 2. The quantitative estimate of drug-likeness (QED) is 0.178. The Morgan fingerprint density at radius 3 is 2.46 bits per heavy atom. The van der Waals surface area contributed by atoms with Gasteiger partial charge in [-0.1, -0.05) is 17.7 Å². The number of carbonyl (C=O) groups is 1. The van der Waals surface area contributed by atoms with Crippen LogP contribution in [0.1, 0.15) is 33.1 Å². The van der Waals surface area contributed by atoms with Gasteiger partial charge in [0.05, 0.1) is 11.2 Å². The highest BCUT2D eigenvalue weighted by Gasteiger charge is 2.31. The van der Waals surface area contributed by atoms with Crippen LogP contribution >= 0.6 is 23.4 Å². The van der Waals surface area contributed by atoms with E-state index >= 15 is 0 Å². The van der Waals surface area contributed by atoms with Gasteiger partial charge in [-0.05, 0) is 45.3 Å². The van der Waals surface area contributed by atoms with Crippen molar-refractivity contribution >= 4 is 47.9 Å². The van der Waals surface area contributed by atoms with Crippen LogP contribution in [0, 0.1) is 5.92 Å². The van der Waals surface area contributed by atoms with E-state index in [4.69, 9.17) is 16.7 Å². The van der Waals surface area contributed by atoms with Gasteiger partial charge in [0.1, 0.15) is 5.15 Å². The third-order valence-corrected chi connectivity index (χ3v) is 5.10. The van der Waals surface area contributed by atoms with Crippen LogP contribution in [-0.4, -0.2) is 65.2 Å². The molecule has 7 nitrogen and oxygen atoms in total. The van der Waals surface area contributed by atoms with Gasteiger partial charge in [-0.3, -0.25) is 9.69 Å². The van der Waals surface area contributed by atoms with Gasteiger partial charge in [0, 0.05) is 26.2 Å². The van der Waals surface area contributed by atoms with E-state index in [2.05, 4.69) is 21.5 Å². The van der Waals surface area contributed by atoms with Crippen molar-refractivity contribution in [2.24, 2.45) is 10.9 Å². The van der Waals surface area contributed by atoms with E-state index < -0.39 is 0 Å². The third kappa shape index (κ3) is 7.41. The molecule has 9 heteroatoms. The smallest absolute Gasteiger partial charge is 0.254 e. The summed E-state index contributed by atoms with van der Waals surface area (Å²) in [5.74, 6) is 1.20. The molecule has 0 aromatic carbocycles. The summed E-state index contributed by atoms with van der Waals surface area (Å²) >= 11 is 7.72. The summed E-state index contributed by atoms with van der Waals surface area (Å²) < 4.78 is 0. The summed E-state index contributed by atoms with van der Waals surface area (Å²) in [6.45, 7) is 7.30. The van der Waals surface area contributed by atoms with E-state index in [-0.39, 0.29) is 18.1 Å². The maximum Gasteiger partial charge on any atom is 0.254 e. The average molecular weight is 428 g/mol. The summed E-state index contributed by atoms with van der Waals surface area (Å²) in [5.41, 5.74) is 0. The number of aliphatic imine (C=N–C) groups is 1. The molecule has 1 aliphatic rings. The zero-order valence-electron chi connectivity index (χ0n) is 17.2. The minimum Gasteiger partial charge on any atom is -0.394 e. The molecule has 1 fully saturated rings. The molecule has 1 heterocycles. The van der Waals surface area contributed by atoms with Crippen molar-refractivity contribution in [1.29, 1.82) is 0 Å². The molecular formula is C19H30ClN5O2S. The first-order chi connectivity index (χ1) is 13.2. The summed E-state index contributed by atoms with van der Waals surface area (Å²) in [5, 5.41) is 8.36. The molecule has 1 aromatic rings. The van der Waals surface area contributed by atoms with Crippen LogP contribution in [0.2, 0.25) is 5.15 Å². The van der Waals surface area contributed by atoms with Crippen LogP contribution in [0.25, 0.3) is 0 Å². The van der Waals surface area contributed by atoms with Crippen molar-refractivity contribution in [2.75, 3.05) is 25.3 Å². The Morgan fingerprint density at radius 1 is 1.36 bits per heavy atom. The second-order valence-corrected chi connectivity index (χ2v) is 8.12. The largest absolute Gasteiger partial charge is 0.394 e. The van der Waals surface area contributed by atoms with Crippen molar-refractivity contribution < 1.29 is 9.90 Å². The van der Waals surface area contributed by atoms with Crippen molar-refractivity contribution in [3.05, 3.63) is 17.8 Å². The normalized spacial score (nSPS) is 18.7. The maximum atomic E-state index is 11.8. The van der Waals surface area contributed by atoms with E-state index in [1.165, 1.54) is 11.8 Å². The molecule has 0 saturated heterocycles. The van der Waals surface area contributed by atoms with Gasteiger partial charge >= 0.3 is 0 Å². The Hall–Kier alpha value is -1.64. The first-order valence-corrected chi connectivity index (χ1v) is 10.7. The predicted molar refractivity (Wildman–Crippen MR) is 118 cm³/mol. The fourth-order valence-corrected chi connectivity index (χ4v) is 3.68. The van der Waals surface area contributed by atoms with E-state index in [0.717, 1.165) is 25.7 Å². The Morgan fingerprint density at radius 2 is 2.00 bits per heavy atom. The zero-order chi connectivity index (χ0) is 21.3. The molecule has 0 bridgehead atoms. The number of thioether (sulfide) groups is 1. The molecule has 1 saturated carbocycles. The van der Waals surface area contributed by atoms with Crippen molar-refractivity contribution in [1.82, 2.24) is 14.9 Å². The number of allylic oxidation sites excluding steroid dienone is 1. The molecular weight excluding hydrogens is 398 g/mol. The van der Waals surface area contributed by atoms with Crippen LogP contribution < -0.4 is 4.90 Å². The number of carbonyl (C=O) groups excluding carboxylic acids is 1. The Labute approximate surface area is 176 Å². The lowest BCUT2D eigenvalue weighted by Crippen LogP contribution is -2.33. The Bertz CT molecular complexity index is 682. The fourth-order valence-electron chi connectivity index (χ4n) is 2.74. The monoisotopic (exact) mass is 427 g/mol. The standard InChI is InChI=1S/C16H22ClN5OS.C3H8O/c1-5-11-6-7-12(8-11)22(10-23)15-13(24-4)14(17)19-16(20-15)18-9-21(2)3;1-3(2)4/h5,9-12H,1,6-8H2,2-4H3;3-4H,1-2H3/b18-9+;. The first-order valence-electron chi connectivity index (χ1n) is 9.09. The van der Waals surface area contributed by atoms with Crippen molar-refractivity contribution in [3.63, 3.8) is 0 Å². The highest BCUT2D eigenvalue weighted by molar-refractivity contribution is 7.98. The fraction of sp³-hybridized carbons (Fsp3) is 0.579. The zero-order valence-corrected chi connectivity index (χ0v) is 18.7. The summed E-state index contributed by atoms with van der Waals surface area (Å²) in [4.78, 5) is 28.8. The maximum absolute atomic E-state index is 11.8. The number of rotatable bonds is 7. The predicted octanol–water partition coefficient (Wildman–Crippen LogP) is 3.78. The number of anilines is 1. The van der Waals surface area contributed by atoms with E-state index in [1.807, 2.05) is 26.4 Å². The molecule has 28 heavy (non-hydrogen) atoms. The topological polar surface area (TPSA) is 81.9 Å². The van der Waals surface area contributed by atoms with Gasteiger partial charge in [0.25, 0.3) is 5.95 Å². The summed E-state index contributed by atoms with van der Waals surface area (Å²) in [6, 6.07) is 0.0908. The van der Waals surface area contributed by atoms with E-state index in [0.29, 0.717) is 21.8 Å². The van der Waals surface area contributed by atoms with Crippen LogP contribution in [0.5, 0.6) is 0 Å². The summed E-state index contributed by atoms with van der Waals surface area (Å²) in [7, 11) is 3.71. The van der Waals surface area contributed by atoms with Crippen LogP contribution in [0.15, 0.2) is 22.5 Å². The van der Waals surface area contributed by atoms with Gasteiger partial charge in [0.15, 0.2) is 5.82 Å². The molecule has 1 amide bonds.